The zero-order valence-electron chi connectivity index (χ0n) is 9.06. The second-order valence-electron chi connectivity index (χ2n) is 3.38. The number of ether oxygens (including phenoxy) is 1. The Morgan fingerprint density at radius 2 is 2.07 bits per heavy atom. The van der Waals surface area contributed by atoms with E-state index in [4.69, 9.17) is 4.74 Å². The van der Waals surface area contributed by atoms with Crippen LogP contribution in [0.5, 0.6) is 5.88 Å². The molecule has 15 heavy (non-hydrogen) atoms. The minimum Gasteiger partial charge on any atom is -0.481 e. The molecule has 78 valence electrons. The summed E-state index contributed by atoms with van der Waals surface area (Å²) >= 11 is 0. The van der Waals surface area contributed by atoms with Crippen LogP contribution in [-0.2, 0) is 0 Å². The van der Waals surface area contributed by atoms with Crippen molar-refractivity contribution in [2.75, 3.05) is 7.11 Å². The van der Waals surface area contributed by atoms with Crippen molar-refractivity contribution in [3.8, 4) is 11.7 Å². The topological polar surface area (TPSA) is 39.9 Å². The summed E-state index contributed by atoms with van der Waals surface area (Å²) in [7, 11) is 1.60. The standard InChI is InChI=1S/C11H13N3O/c1-8-7-9(2)14(13-8)10-5-4-6-11(12-10)15-3/h4-7H,1-3H3. The number of hydrogen-bond donors (Lipinski definition) is 0. The Morgan fingerprint density at radius 1 is 1.27 bits per heavy atom. The van der Waals surface area contributed by atoms with Crippen LogP contribution in [0, 0.1) is 13.8 Å². The van der Waals surface area contributed by atoms with Gasteiger partial charge in [-0.15, -0.1) is 0 Å². The van der Waals surface area contributed by atoms with Gasteiger partial charge in [0.15, 0.2) is 5.82 Å². The van der Waals surface area contributed by atoms with Gasteiger partial charge in [0.1, 0.15) is 0 Å². The van der Waals surface area contributed by atoms with Crippen molar-refractivity contribution < 1.29 is 4.74 Å². The molecule has 0 aliphatic rings. The van der Waals surface area contributed by atoms with Crippen LogP contribution in [0.1, 0.15) is 11.4 Å². The van der Waals surface area contributed by atoms with Crippen LogP contribution in [0.25, 0.3) is 5.82 Å². The fourth-order valence-electron chi connectivity index (χ4n) is 1.50. The smallest absolute Gasteiger partial charge is 0.214 e. The highest BCUT2D eigenvalue weighted by molar-refractivity contribution is 5.29. The number of methoxy groups -OCH3 is 1. The van der Waals surface area contributed by atoms with Crippen molar-refractivity contribution in [3.05, 3.63) is 35.7 Å². The molecule has 2 aromatic heterocycles. The normalized spacial score (nSPS) is 10.3. The first-order valence-corrected chi connectivity index (χ1v) is 4.75. The maximum Gasteiger partial charge on any atom is 0.214 e. The minimum atomic E-state index is 0.597. The van der Waals surface area contributed by atoms with Crippen LogP contribution in [-0.4, -0.2) is 21.9 Å². The maximum absolute atomic E-state index is 5.07. The Morgan fingerprint density at radius 3 is 2.67 bits per heavy atom. The lowest BCUT2D eigenvalue weighted by molar-refractivity contribution is 0.397. The van der Waals surface area contributed by atoms with E-state index in [1.807, 2.05) is 38.1 Å². The van der Waals surface area contributed by atoms with Gasteiger partial charge in [-0.3, -0.25) is 0 Å². The first kappa shape index (κ1) is 9.71. The van der Waals surface area contributed by atoms with Crippen LogP contribution in [0.2, 0.25) is 0 Å². The Labute approximate surface area is 88.5 Å². The quantitative estimate of drug-likeness (QED) is 0.748. The van der Waals surface area contributed by atoms with Gasteiger partial charge in [0.05, 0.1) is 12.8 Å². The predicted octanol–water partition coefficient (Wildman–Crippen LogP) is 1.89. The molecule has 0 amide bonds. The molecule has 4 heteroatoms. The highest BCUT2D eigenvalue weighted by Crippen LogP contribution is 2.13. The molecule has 0 aliphatic carbocycles. The minimum absolute atomic E-state index is 0.597. The third kappa shape index (κ3) is 1.83. The molecule has 2 rings (SSSR count). The Balaban J connectivity index is 2.49. The molecule has 0 unspecified atom stereocenters. The van der Waals surface area contributed by atoms with E-state index in [9.17, 15) is 0 Å². The van der Waals surface area contributed by atoms with Crippen LogP contribution < -0.4 is 4.74 Å². The number of aromatic nitrogens is 3. The van der Waals surface area contributed by atoms with Crippen molar-refractivity contribution in [2.45, 2.75) is 13.8 Å². The monoisotopic (exact) mass is 203 g/mol. The van der Waals surface area contributed by atoms with Gasteiger partial charge in [-0.2, -0.15) is 10.1 Å². The number of pyridine rings is 1. The average Bonchev–Trinajstić information content (AvgIpc) is 2.58. The van der Waals surface area contributed by atoms with E-state index in [2.05, 4.69) is 10.1 Å². The van der Waals surface area contributed by atoms with Crippen LogP contribution in [0.4, 0.5) is 0 Å². The summed E-state index contributed by atoms with van der Waals surface area (Å²) in [4.78, 5) is 4.31. The summed E-state index contributed by atoms with van der Waals surface area (Å²) in [6.45, 7) is 3.96. The number of nitrogens with zero attached hydrogens (tertiary/aromatic N) is 3. The molecule has 0 saturated heterocycles. The molecule has 0 aromatic carbocycles. The van der Waals surface area contributed by atoms with E-state index in [-0.39, 0.29) is 0 Å². The zero-order valence-corrected chi connectivity index (χ0v) is 9.06. The van der Waals surface area contributed by atoms with Crippen LogP contribution in [0.15, 0.2) is 24.3 Å². The van der Waals surface area contributed by atoms with Gasteiger partial charge in [-0.1, -0.05) is 6.07 Å². The molecule has 2 heterocycles. The molecule has 0 spiro atoms. The average molecular weight is 203 g/mol. The van der Waals surface area contributed by atoms with Gasteiger partial charge in [-0.05, 0) is 26.0 Å². The first-order valence-electron chi connectivity index (χ1n) is 4.75. The molecule has 0 aliphatic heterocycles. The van der Waals surface area contributed by atoms with Gasteiger partial charge < -0.3 is 4.74 Å². The highest BCUT2D eigenvalue weighted by Gasteiger charge is 2.05. The van der Waals surface area contributed by atoms with E-state index >= 15 is 0 Å². The van der Waals surface area contributed by atoms with Gasteiger partial charge in [-0.25, -0.2) is 4.68 Å². The first-order chi connectivity index (χ1) is 7.20. The maximum atomic E-state index is 5.07. The van der Waals surface area contributed by atoms with Crippen LogP contribution >= 0.6 is 0 Å². The third-order valence-electron chi connectivity index (χ3n) is 2.14. The predicted molar refractivity (Wildman–Crippen MR) is 57.4 cm³/mol. The molecule has 0 atom stereocenters. The molecule has 0 bridgehead atoms. The van der Waals surface area contributed by atoms with Gasteiger partial charge in [0.2, 0.25) is 5.88 Å². The molecule has 2 aromatic rings. The van der Waals surface area contributed by atoms with Crippen molar-refractivity contribution in [1.82, 2.24) is 14.8 Å². The SMILES string of the molecule is COc1cccc(-n2nc(C)cc2C)n1. The summed E-state index contributed by atoms with van der Waals surface area (Å²) < 4.78 is 6.87. The summed E-state index contributed by atoms with van der Waals surface area (Å²) in [5.41, 5.74) is 2.05. The second kappa shape index (κ2) is 3.73. The number of hydrogen-bond acceptors (Lipinski definition) is 3. The van der Waals surface area contributed by atoms with E-state index < -0.39 is 0 Å². The van der Waals surface area contributed by atoms with E-state index in [0.29, 0.717) is 5.88 Å². The Hall–Kier alpha value is -1.84. The lowest BCUT2D eigenvalue weighted by Crippen LogP contribution is -2.02. The van der Waals surface area contributed by atoms with E-state index in [0.717, 1.165) is 17.2 Å². The molecule has 0 fully saturated rings. The summed E-state index contributed by atoms with van der Waals surface area (Å²) in [6, 6.07) is 7.63. The highest BCUT2D eigenvalue weighted by atomic mass is 16.5. The molecule has 4 nitrogen and oxygen atoms in total. The lowest BCUT2D eigenvalue weighted by atomic mass is 10.4. The Kier molecular flexibility index (Phi) is 2.41. The molecule has 0 saturated carbocycles. The van der Waals surface area contributed by atoms with Crippen molar-refractivity contribution >= 4 is 0 Å². The summed E-state index contributed by atoms with van der Waals surface area (Å²) in [5.74, 6) is 1.38. The van der Waals surface area contributed by atoms with E-state index in [1.165, 1.54) is 0 Å². The van der Waals surface area contributed by atoms with Gasteiger partial charge in [0, 0.05) is 11.8 Å². The lowest BCUT2D eigenvalue weighted by Gasteiger charge is -2.04. The van der Waals surface area contributed by atoms with Gasteiger partial charge in [0.25, 0.3) is 0 Å². The fourth-order valence-corrected chi connectivity index (χ4v) is 1.50. The third-order valence-corrected chi connectivity index (χ3v) is 2.14. The van der Waals surface area contributed by atoms with Crippen molar-refractivity contribution in [2.24, 2.45) is 0 Å². The summed E-state index contributed by atoms with van der Waals surface area (Å²) in [6.07, 6.45) is 0. The van der Waals surface area contributed by atoms with Gasteiger partial charge >= 0.3 is 0 Å². The molecular weight excluding hydrogens is 190 g/mol. The van der Waals surface area contributed by atoms with Crippen LogP contribution in [0.3, 0.4) is 0 Å². The largest absolute Gasteiger partial charge is 0.481 e. The van der Waals surface area contributed by atoms with E-state index in [1.54, 1.807) is 11.8 Å². The number of rotatable bonds is 2. The number of aryl methyl sites for hydroxylation is 2. The fraction of sp³-hybridized carbons (Fsp3) is 0.273. The van der Waals surface area contributed by atoms with Crippen molar-refractivity contribution in [3.63, 3.8) is 0 Å². The molecule has 0 radical (unpaired) electrons. The zero-order chi connectivity index (χ0) is 10.8. The molecule has 0 N–H and O–H groups in total. The van der Waals surface area contributed by atoms with Crippen molar-refractivity contribution in [1.29, 1.82) is 0 Å². The Bertz CT molecular complexity index is 476. The summed E-state index contributed by atoms with van der Waals surface area (Å²) in [5, 5.41) is 4.35. The second-order valence-corrected chi connectivity index (χ2v) is 3.38. The molecular formula is C11H13N3O.